The van der Waals surface area contributed by atoms with Crippen molar-refractivity contribution < 1.29 is 14.3 Å². The summed E-state index contributed by atoms with van der Waals surface area (Å²) in [5.41, 5.74) is 5.43. The molecule has 0 unspecified atom stereocenters. The molecule has 0 radical (unpaired) electrons. The summed E-state index contributed by atoms with van der Waals surface area (Å²) in [6.07, 6.45) is 7.11. The molecule has 0 aliphatic heterocycles. The van der Waals surface area contributed by atoms with E-state index in [1.54, 1.807) is 22.0 Å². The Morgan fingerprint density at radius 1 is 1.00 bits per heavy atom. The first-order chi connectivity index (χ1) is 18.7. The van der Waals surface area contributed by atoms with E-state index in [1.807, 2.05) is 88.6 Å². The maximum absolute atomic E-state index is 12.4. The van der Waals surface area contributed by atoms with Crippen LogP contribution in [0, 0.1) is 0 Å². The fourth-order valence-corrected chi connectivity index (χ4v) is 5.84. The van der Waals surface area contributed by atoms with Crippen LogP contribution in [0.15, 0.2) is 77.6 Å². The van der Waals surface area contributed by atoms with Crippen molar-refractivity contribution >= 4 is 17.3 Å². The van der Waals surface area contributed by atoms with E-state index in [2.05, 4.69) is 10.1 Å². The Morgan fingerprint density at radius 3 is 2.28 bits per heavy atom. The zero-order chi connectivity index (χ0) is 27.4. The van der Waals surface area contributed by atoms with Crippen LogP contribution in [-0.2, 0) is 12.6 Å². The van der Waals surface area contributed by atoms with Gasteiger partial charge in [0, 0.05) is 29.9 Å². The van der Waals surface area contributed by atoms with Crippen molar-refractivity contribution in [3.63, 3.8) is 0 Å². The number of carboxylic acid groups (broad SMARTS) is 1. The van der Waals surface area contributed by atoms with Crippen LogP contribution in [0.4, 0.5) is 4.79 Å². The van der Waals surface area contributed by atoms with Crippen molar-refractivity contribution in [3.05, 3.63) is 78.8 Å². The third-order valence-corrected chi connectivity index (χ3v) is 7.62. The highest BCUT2D eigenvalue weighted by molar-refractivity contribution is 5.98. The van der Waals surface area contributed by atoms with Crippen LogP contribution in [0.2, 0.25) is 0 Å². The standard InChI is InChI=1S/C31H31N5O3/c1-30(2,3)36(29(37)38)31(15-8-16-31)23-13-11-21(12-14-23)27-25(20-9-6-5-7-10-20)26-28(39-27)32-18-24(34-26)22-17-33-35(4)19-22/h5-7,9-14,17-19H,8,15-16H2,1-4H3,(H,37,38). The molecule has 39 heavy (non-hydrogen) atoms. The highest BCUT2D eigenvalue weighted by Crippen LogP contribution is 2.50. The van der Waals surface area contributed by atoms with E-state index in [9.17, 15) is 9.90 Å². The van der Waals surface area contributed by atoms with E-state index in [0.717, 1.165) is 52.8 Å². The van der Waals surface area contributed by atoms with Crippen LogP contribution in [0.1, 0.15) is 45.6 Å². The topological polar surface area (TPSA) is 97.3 Å². The van der Waals surface area contributed by atoms with Gasteiger partial charge in [-0.1, -0.05) is 54.6 Å². The van der Waals surface area contributed by atoms with E-state index < -0.39 is 17.2 Å². The Hall–Kier alpha value is -4.46. The number of fused-ring (bicyclic) bond motifs is 1. The van der Waals surface area contributed by atoms with Crippen LogP contribution in [0.5, 0.6) is 0 Å². The van der Waals surface area contributed by atoms with Gasteiger partial charge >= 0.3 is 6.09 Å². The summed E-state index contributed by atoms with van der Waals surface area (Å²) in [5.74, 6) is 0.680. The number of nitrogens with zero attached hydrogens (tertiary/aromatic N) is 5. The van der Waals surface area contributed by atoms with Gasteiger partial charge < -0.3 is 9.52 Å². The third kappa shape index (κ3) is 4.16. The number of hydrogen-bond acceptors (Lipinski definition) is 5. The normalized spacial score (nSPS) is 14.8. The summed E-state index contributed by atoms with van der Waals surface area (Å²) >= 11 is 0. The lowest BCUT2D eigenvalue weighted by Crippen LogP contribution is -2.60. The number of amides is 1. The first-order valence-electron chi connectivity index (χ1n) is 13.2. The summed E-state index contributed by atoms with van der Waals surface area (Å²) < 4.78 is 8.08. The van der Waals surface area contributed by atoms with E-state index in [0.29, 0.717) is 17.0 Å². The van der Waals surface area contributed by atoms with Gasteiger partial charge in [-0.15, -0.1) is 0 Å². The van der Waals surface area contributed by atoms with E-state index in [-0.39, 0.29) is 0 Å². The number of aryl methyl sites for hydroxylation is 1. The Labute approximate surface area is 226 Å². The molecule has 1 aliphatic carbocycles. The maximum atomic E-state index is 12.4. The van der Waals surface area contributed by atoms with E-state index >= 15 is 0 Å². The van der Waals surface area contributed by atoms with Crippen molar-refractivity contribution in [1.82, 2.24) is 24.6 Å². The number of carbonyl (C=O) groups is 1. The largest absolute Gasteiger partial charge is 0.465 e. The second kappa shape index (κ2) is 9.08. The Balaban J connectivity index is 1.47. The fraction of sp³-hybridized carbons (Fsp3) is 0.290. The number of rotatable bonds is 5. The molecule has 3 aromatic heterocycles. The highest BCUT2D eigenvalue weighted by Gasteiger charge is 2.50. The predicted octanol–water partition coefficient (Wildman–Crippen LogP) is 7.12. The molecule has 8 nitrogen and oxygen atoms in total. The molecular formula is C31H31N5O3. The van der Waals surface area contributed by atoms with Crippen LogP contribution in [0.3, 0.4) is 0 Å². The van der Waals surface area contributed by atoms with Crippen LogP contribution >= 0.6 is 0 Å². The third-order valence-electron chi connectivity index (χ3n) is 7.62. The molecule has 3 heterocycles. The van der Waals surface area contributed by atoms with Crippen molar-refractivity contribution in [2.45, 2.75) is 51.1 Å². The van der Waals surface area contributed by atoms with Gasteiger partial charge in [0.25, 0.3) is 0 Å². The number of benzene rings is 2. The van der Waals surface area contributed by atoms with Gasteiger partial charge in [-0.05, 0) is 51.2 Å². The summed E-state index contributed by atoms with van der Waals surface area (Å²) in [6.45, 7) is 5.86. The number of aromatic nitrogens is 4. The van der Waals surface area contributed by atoms with Gasteiger partial charge in [0.05, 0.1) is 29.2 Å². The van der Waals surface area contributed by atoms with Crippen molar-refractivity contribution in [2.75, 3.05) is 0 Å². The van der Waals surface area contributed by atoms with Gasteiger partial charge in [0.15, 0.2) is 0 Å². The molecule has 0 spiro atoms. The first kappa shape index (κ1) is 24.9. The molecule has 0 atom stereocenters. The summed E-state index contributed by atoms with van der Waals surface area (Å²) in [5, 5.41) is 14.4. The molecule has 1 amide bonds. The zero-order valence-electron chi connectivity index (χ0n) is 22.5. The second-order valence-corrected chi connectivity index (χ2v) is 11.2. The molecule has 1 fully saturated rings. The van der Waals surface area contributed by atoms with Gasteiger partial charge in [-0.25, -0.2) is 14.8 Å². The summed E-state index contributed by atoms with van der Waals surface area (Å²) in [4.78, 5) is 23.6. The molecule has 198 valence electrons. The second-order valence-electron chi connectivity index (χ2n) is 11.2. The molecule has 1 aliphatic rings. The van der Waals surface area contributed by atoms with Crippen LogP contribution in [-0.4, -0.2) is 41.4 Å². The maximum Gasteiger partial charge on any atom is 0.408 e. The fourth-order valence-electron chi connectivity index (χ4n) is 5.84. The molecule has 1 saturated carbocycles. The average molecular weight is 522 g/mol. The predicted molar refractivity (Wildman–Crippen MR) is 150 cm³/mol. The Kier molecular flexibility index (Phi) is 5.79. The summed E-state index contributed by atoms with van der Waals surface area (Å²) in [6, 6.07) is 18.2. The van der Waals surface area contributed by atoms with Gasteiger partial charge in [0.2, 0.25) is 5.71 Å². The van der Waals surface area contributed by atoms with Gasteiger partial charge in [-0.3, -0.25) is 9.58 Å². The smallest absolute Gasteiger partial charge is 0.408 e. The molecular weight excluding hydrogens is 490 g/mol. The monoisotopic (exact) mass is 521 g/mol. The van der Waals surface area contributed by atoms with E-state index in [4.69, 9.17) is 9.40 Å². The lowest BCUT2D eigenvalue weighted by molar-refractivity contribution is -0.0328. The lowest BCUT2D eigenvalue weighted by atomic mass is 9.69. The minimum atomic E-state index is -0.892. The minimum absolute atomic E-state index is 0.459. The molecule has 0 saturated heterocycles. The highest BCUT2D eigenvalue weighted by atomic mass is 16.4. The van der Waals surface area contributed by atoms with Crippen LogP contribution < -0.4 is 0 Å². The number of furan rings is 1. The minimum Gasteiger partial charge on any atom is -0.465 e. The molecule has 6 rings (SSSR count). The Morgan fingerprint density at radius 2 is 1.72 bits per heavy atom. The molecule has 1 N–H and O–H groups in total. The summed E-state index contributed by atoms with van der Waals surface area (Å²) in [7, 11) is 1.87. The quantitative estimate of drug-likeness (QED) is 0.265. The van der Waals surface area contributed by atoms with Crippen molar-refractivity contribution in [1.29, 1.82) is 0 Å². The molecule has 5 aromatic rings. The van der Waals surface area contributed by atoms with Gasteiger partial charge in [0.1, 0.15) is 11.3 Å². The van der Waals surface area contributed by atoms with Gasteiger partial charge in [-0.2, -0.15) is 5.10 Å². The lowest BCUT2D eigenvalue weighted by Gasteiger charge is -2.54. The zero-order valence-corrected chi connectivity index (χ0v) is 22.5. The molecule has 2 aromatic carbocycles. The Bertz CT molecular complexity index is 1660. The SMILES string of the molecule is Cn1cc(-c2cnc3oc(-c4ccc(C5(N(C(=O)O)C(C)(C)C)CCC5)cc4)c(-c4ccccc4)c3n2)cn1. The molecule has 0 bridgehead atoms. The number of hydrogen-bond donors (Lipinski definition) is 1. The average Bonchev–Trinajstić information content (AvgIpc) is 3.49. The first-order valence-corrected chi connectivity index (χ1v) is 13.2. The van der Waals surface area contributed by atoms with Crippen molar-refractivity contribution in [2.24, 2.45) is 7.05 Å². The van der Waals surface area contributed by atoms with E-state index in [1.165, 1.54) is 0 Å². The molecule has 8 heteroatoms. The van der Waals surface area contributed by atoms with Crippen LogP contribution in [0.25, 0.3) is 44.9 Å². The van der Waals surface area contributed by atoms with Crippen molar-refractivity contribution in [3.8, 4) is 33.7 Å².